The molecule has 3 rings (SSSR count). The molecule has 2 N–H and O–H groups in total. The highest BCUT2D eigenvalue weighted by molar-refractivity contribution is 6.09. The van der Waals surface area contributed by atoms with Crippen LogP contribution in [-0.2, 0) is 6.42 Å². The number of benzene rings is 2. The van der Waals surface area contributed by atoms with Gasteiger partial charge in [-0.25, -0.2) is 4.98 Å². The molecule has 2 aromatic carbocycles. The zero-order valence-electron chi connectivity index (χ0n) is 11.8. The van der Waals surface area contributed by atoms with E-state index in [-0.39, 0.29) is 5.78 Å². The first-order valence-corrected chi connectivity index (χ1v) is 6.98. The summed E-state index contributed by atoms with van der Waals surface area (Å²) in [5.74, 6) is -0.102. The molecule has 0 saturated carbocycles. The Kier molecular flexibility index (Phi) is 3.40. The van der Waals surface area contributed by atoms with Crippen LogP contribution in [0.3, 0.4) is 0 Å². The molecule has 3 aromatic rings. The van der Waals surface area contributed by atoms with Crippen molar-refractivity contribution in [1.82, 2.24) is 4.98 Å². The number of hydrogen-bond acceptors (Lipinski definition) is 3. The fraction of sp³-hybridized carbons (Fsp3) is 0.111. The minimum atomic E-state index is -0.102. The molecule has 0 radical (unpaired) electrons. The highest BCUT2D eigenvalue weighted by Gasteiger charge is 2.13. The molecule has 0 aliphatic heterocycles. The maximum atomic E-state index is 12.5. The van der Waals surface area contributed by atoms with Gasteiger partial charge in [-0.1, -0.05) is 49.4 Å². The van der Waals surface area contributed by atoms with E-state index in [4.69, 9.17) is 5.73 Å². The summed E-state index contributed by atoms with van der Waals surface area (Å²) in [6.07, 6.45) is 0.954. The van der Waals surface area contributed by atoms with Crippen LogP contribution in [0, 0.1) is 0 Å². The second-order valence-corrected chi connectivity index (χ2v) is 4.99. The molecule has 0 fully saturated rings. The summed E-state index contributed by atoms with van der Waals surface area (Å²) in [6, 6.07) is 16.8. The fourth-order valence-corrected chi connectivity index (χ4v) is 2.36. The number of ketones is 1. The lowest BCUT2D eigenvalue weighted by atomic mass is 10.0. The number of hydrogen-bond donors (Lipinski definition) is 1. The van der Waals surface area contributed by atoms with Gasteiger partial charge in [-0.3, -0.25) is 4.79 Å². The van der Waals surface area contributed by atoms with Crippen molar-refractivity contribution in [3.8, 4) is 0 Å². The number of pyridine rings is 1. The number of aryl methyl sites for hydroxylation is 1. The van der Waals surface area contributed by atoms with E-state index in [9.17, 15) is 4.79 Å². The Morgan fingerprint density at radius 1 is 1.10 bits per heavy atom. The number of nitrogen functional groups attached to an aromatic ring is 1. The SMILES string of the molecule is CCc1ccc(C(=O)c2cc(N)c3ccccc3n2)cc1. The van der Waals surface area contributed by atoms with Crippen molar-refractivity contribution in [2.45, 2.75) is 13.3 Å². The van der Waals surface area contributed by atoms with E-state index in [0.29, 0.717) is 16.9 Å². The molecule has 3 heteroatoms. The van der Waals surface area contributed by atoms with Gasteiger partial charge >= 0.3 is 0 Å². The van der Waals surface area contributed by atoms with E-state index in [2.05, 4.69) is 11.9 Å². The van der Waals surface area contributed by atoms with Crippen LogP contribution in [0.15, 0.2) is 54.6 Å². The summed E-state index contributed by atoms with van der Waals surface area (Å²) in [5.41, 5.74) is 9.57. The largest absolute Gasteiger partial charge is 0.398 e. The molecule has 0 spiro atoms. The standard InChI is InChI=1S/C18H16N2O/c1-2-12-7-9-13(10-8-12)18(21)17-11-15(19)14-5-3-4-6-16(14)20-17/h3-11H,2H2,1H3,(H2,19,20). The molecular formula is C18H16N2O. The Morgan fingerprint density at radius 3 is 2.52 bits per heavy atom. The number of anilines is 1. The van der Waals surface area contributed by atoms with E-state index in [1.165, 1.54) is 5.56 Å². The highest BCUT2D eigenvalue weighted by Crippen LogP contribution is 2.21. The first-order valence-electron chi connectivity index (χ1n) is 6.98. The van der Waals surface area contributed by atoms with Crippen molar-refractivity contribution in [3.63, 3.8) is 0 Å². The number of nitrogens with zero attached hydrogens (tertiary/aromatic N) is 1. The molecule has 0 unspecified atom stereocenters. The molecule has 1 heterocycles. The average Bonchev–Trinajstić information content (AvgIpc) is 2.54. The zero-order valence-corrected chi connectivity index (χ0v) is 11.8. The predicted molar refractivity (Wildman–Crippen MR) is 85.4 cm³/mol. The van der Waals surface area contributed by atoms with Gasteiger partial charge < -0.3 is 5.73 Å². The topological polar surface area (TPSA) is 56.0 Å². The van der Waals surface area contributed by atoms with Crippen molar-refractivity contribution in [2.24, 2.45) is 0 Å². The number of carbonyl (C=O) groups is 1. The van der Waals surface area contributed by atoms with Crippen LogP contribution in [0.25, 0.3) is 10.9 Å². The van der Waals surface area contributed by atoms with Crippen LogP contribution in [-0.4, -0.2) is 10.8 Å². The first kappa shape index (κ1) is 13.3. The molecule has 0 aliphatic rings. The van der Waals surface area contributed by atoms with Crippen LogP contribution in [0.5, 0.6) is 0 Å². The second kappa shape index (κ2) is 5.37. The molecule has 0 atom stereocenters. The van der Waals surface area contributed by atoms with Gasteiger partial charge in [-0.15, -0.1) is 0 Å². The molecule has 1 aromatic heterocycles. The third-order valence-electron chi connectivity index (χ3n) is 3.61. The van der Waals surface area contributed by atoms with Crippen molar-refractivity contribution in [2.75, 3.05) is 5.73 Å². The van der Waals surface area contributed by atoms with Gasteiger partial charge in [0.25, 0.3) is 0 Å². The maximum Gasteiger partial charge on any atom is 0.211 e. The maximum absolute atomic E-state index is 12.5. The molecule has 21 heavy (non-hydrogen) atoms. The number of carbonyl (C=O) groups excluding carboxylic acids is 1. The molecule has 0 saturated heterocycles. The van der Waals surface area contributed by atoms with Gasteiger partial charge in [0, 0.05) is 16.6 Å². The summed E-state index contributed by atoms with van der Waals surface area (Å²) in [6.45, 7) is 2.09. The summed E-state index contributed by atoms with van der Waals surface area (Å²) < 4.78 is 0. The van der Waals surface area contributed by atoms with E-state index in [0.717, 1.165) is 17.3 Å². The van der Waals surface area contributed by atoms with Gasteiger partial charge in [0.15, 0.2) is 0 Å². The van der Waals surface area contributed by atoms with E-state index < -0.39 is 0 Å². The van der Waals surface area contributed by atoms with E-state index in [1.54, 1.807) is 6.07 Å². The van der Waals surface area contributed by atoms with Crippen LogP contribution in [0.2, 0.25) is 0 Å². The van der Waals surface area contributed by atoms with E-state index in [1.807, 2.05) is 48.5 Å². The lowest BCUT2D eigenvalue weighted by molar-refractivity contribution is 0.103. The summed E-state index contributed by atoms with van der Waals surface area (Å²) >= 11 is 0. The summed E-state index contributed by atoms with van der Waals surface area (Å²) in [7, 11) is 0. The van der Waals surface area contributed by atoms with Crippen molar-refractivity contribution < 1.29 is 4.79 Å². The lowest BCUT2D eigenvalue weighted by Crippen LogP contribution is -2.06. The fourth-order valence-electron chi connectivity index (χ4n) is 2.36. The highest BCUT2D eigenvalue weighted by atomic mass is 16.1. The van der Waals surface area contributed by atoms with Gasteiger partial charge in [0.05, 0.1) is 5.52 Å². The van der Waals surface area contributed by atoms with Crippen LogP contribution in [0.4, 0.5) is 5.69 Å². The zero-order chi connectivity index (χ0) is 14.8. The quantitative estimate of drug-likeness (QED) is 0.743. The molecule has 0 bridgehead atoms. The molecule has 104 valence electrons. The summed E-state index contributed by atoms with van der Waals surface area (Å²) in [4.78, 5) is 16.9. The summed E-state index contributed by atoms with van der Waals surface area (Å²) in [5, 5.41) is 0.871. The van der Waals surface area contributed by atoms with Crippen molar-refractivity contribution in [3.05, 3.63) is 71.4 Å². The van der Waals surface area contributed by atoms with Crippen LogP contribution in [0.1, 0.15) is 28.5 Å². The number of nitrogens with two attached hydrogens (primary N) is 1. The van der Waals surface area contributed by atoms with Crippen LogP contribution >= 0.6 is 0 Å². The Bertz CT molecular complexity index is 807. The van der Waals surface area contributed by atoms with Gasteiger partial charge in [0.1, 0.15) is 5.69 Å². The molecular weight excluding hydrogens is 260 g/mol. The number of fused-ring (bicyclic) bond motifs is 1. The molecule has 0 aliphatic carbocycles. The molecule has 3 nitrogen and oxygen atoms in total. The van der Waals surface area contributed by atoms with E-state index >= 15 is 0 Å². The number of para-hydroxylation sites is 1. The minimum absolute atomic E-state index is 0.102. The number of rotatable bonds is 3. The van der Waals surface area contributed by atoms with Crippen molar-refractivity contribution >= 4 is 22.4 Å². The smallest absolute Gasteiger partial charge is 0.211 e. The lowest BCUT2D eigenvalue weighted by Gasteiger charge is -2.06. The van der Waals surface area contributed by atoms with Crippen LogP contribution < -0.4 is 5.73 Å². The van der Waals surface area contributed by atoms with Gasteiger partial charge in [-0.2, -0.15) is 0 Å². The molecule has 0 amide bonds. The average molecular weight is 276 g/mol. The number of aromatic nitrogens is 1. The van der Waals surface area contributed by atoms with Gasteiger partial charge in [0.2, 0.25) is 5.78 Å². The Hall–Kier alpha value is -2.68. The Labute approximate surface area is 123 Å². The Morgan fingerprint density at radius 2 is 1.81 bits per heavy atom. The first-order chi connectivity index (χ1) is 10.2. The Balaban J connectivity index is 2.04. The third-order valence-corrected chi connectivity index (χ3v) is 3.61. The monoisotopic (exact) mass is 276 g/mol. The third kappa shape index (κ3) is 2.50. The predicted octanol–water partition coefficient (Wildman–Crippen LogP) is 3.61. The minimum Gasteiger partial charge on any atom is -0.398 e. The second-order valence-electron chi connectivity index (χ2n) is 4.99. The van der Waals surface area contributed by atoms with Gasteiger partial charge in [-0.05, 0) is 24.1 Å². The normalized spacial score (nSPS) is 10.7. The van der Waals surface area contributed by atoms with Crippen molar-refractivity contribution in [1.29, 1.82) is 0 Å².